The first-order valence-corrected chi connectivity index (χ1v) is 17.5. The number of hydrogen-bond donors (Lipinski definition) is 0. The summed E-state index contributed by atoms with van der Waals surface area (Å²) >= 11 is 0. The standard InChI is InChI=1S/C39H57BO6/c1-4-37(25-16-28-41-31-34-19-10-7-11-20-34)44-40(45-38(5-2)26-17-29-42-32-35-21-12-8-13-22-35)46-39(6-3)27-18-30-43-33-36-23-14-9-15-24-36/h7-15,19-24,37-39H,4-6,16-18,25-33H2,1-3H3/t37-,38-,39-/m0/s1. The predicted molar refractivity (Wildman–Crippen MR) is 187 cm³/mol. The second-order valence-electron chi connectivity index (χ2n) is 11.8. The van der Waals surface area contributed by atoms with Crippen molar-refractivity contribution in [2.75, 3.05) is 19.8 Å². The van der Waals surface area contributed by atoms with Gasteiger partial charge in [0.15, 0.2) is 0 Å². The Balaban J connectivity index is 1.46. The van der Waals surface area contributed by atoms with Crippen LogP contribution in [0.1, 0.15) is 95.2 Å². The zero-order valence-corrected chi connectivity index (χ0v) is 28.5. The summed E-state index contributed by atoms with van der Waals surface area (Å²) in [7, 11) is -0.708. The van der Waals surface area contributed by atoms with Gasteiger partial charge >= 0.3 is 7.32 Å². The van der Waals surface area contributed by atoms with Gasteiger partial charge in [0.1, 0.15) is 0 Å². The molecular weight excluding hydrogens is 575 g/mol. The smallest absolute Gasteiger partial charge is 0.383 e. The Morgan fingerprint density at radius 1 is 0.435 bits per heavy atom. The summed E-state index contributed by atoms with van der Waals surface area (Å²) < 4.78 is 37.4. The number of hydrogen-bond acceptors (Lipinski definition) is 6. The van der Waals surface area contributed by atoms with Crippen molar-refractivity contribution < 1.29 is 28.2 Å². The highest BCUT2D eigenvalue weighted by atomic mass is 16.7. The molecule has 3 atom stereocenters. The lowest BCUT2D eigenvalue weighted by Crippen LogP contribution is -2.39. The third-order valence-corrected chi connectivity index (χ3v) is 8.06. The van der Waals surface area contributed by atoms with Gasteiger partial charge in [-0.1, -0.05) is 112 Å². The van der Waals surface area contributed by atoms with Gasteiger partial charge in [-0.05, 0) is 74.5 Å². The van der Waals surface area contributed by atoms with E-state index in [1.54, 1.807) is 0 Å². The fourth-order valence-corrected chi connectivity index (χ4v) is 5.20. The maximum absolute atomic E-state index is 6.54. The molecule has 0 fully saturated rings. The Morgan fingerprint density at radius 3 is 0.978 bits per heavy atom. The zero-order chi connectivity index (χ0) is 32.5. The molecule has 3 rings (SSSR count). The van der Waals surface area contributed by atoms with Crippen LogP contribution < -0.4 is 0 Å². The van der Waals surface area contributed by atoms with Crippen LogP contribution in [0.25, 0.3) is 0 Å². The molecule has 0 unspecified atom stereocenters. The first-order chi connectivity index (χ1) is 22.7. The average molecular weight is 633 g/mol. The molecule has 0 bridgehead atoms. The van der Waals surface area contributed by atoms with Crippen molar-refractivity contribution in [2.24, 2.45) is 0 Å². The van der Waals surface area contributed by atoms with E-state index in [2.05, 4.69) is 57.2 Å². The van der Waals surface area contributed by atoms with Crippen LogP contribution in [0.15, 0.2) is 91.0 Å². The SMILES string of the molecule is CC[C@@H](CCCOCc1ccccc1)OB(O[C@@H](CC)CCCOCc1ccccc1)O[C@@H](CC)CCCOCc1ccccc1. The summed E-state index contributed by atoms with van der Waals surface area (Å²) in [6.45, 7) is 10.5. The molecule has 0 aliphatic heterocycles. The molecule has 0 radical (unpaired) electrons. The molecule has 3 aromatic rings. The second-order valence-corrected chi connectivity index (χ2v) is 11.8. The van der Waals surface area contributed by atoms with Crippen molar-refractivity contribution in [1.82, 2.24) is 0 Å². The lowest BCUT2D eigenvalue weighted by atomic mass is 10.0. The van der Waals surface area contributed by atoms with Gasteiger partial charge in [0.05, 0.1) is 19.8 Å². The largest absolute Gasteiger partial charge is 0.640 e. The minimum absolute atomic E-state index is 0.0312. The monoisotopic (exact) mass is 632 g/mol. The molecule has 0 N–H and O–H groups in total. The molecular formula is C39H57BO6. The van der Waals surface area contributed by atoms with Crippen molar-refractivity contribution in [3.05, 3.63) is 108 Å². The van der Waals surface area contributed by atoms with Gasteiger partial charge in [0.25, 0.3) is 0 Å². The molecule has 46 heavy (non-hydrogen) atoms. The minimum atomic E-state index is -0.708. The van der Waals surface area contributed by atoms with Crippen LogP contribution in [0.4, 0.5) is 0 Å². The number of benzene rings is 3. The molecule has 3 aromatic carbocycles. The van der Waals surface area contributed by atoms with Crippen molar-refractivity contribution in [3.63, 3.8) is 0 Å². The molecule has 0 saturated heterocycles. The van der Waals surface area contributed by atoms with E-state index in [4.69, 9.17) is 28.2 Å². The first kappa shape index (κ1) is 37.9. The van der Waals surface area contributed by atoms with E-state index >= 15 is 0 Å². The molecule has 7 heteroatoms. The molecule has 0 amide bonds. The summed E-state index contributed by atoms with van der Waals surface area (Å²) in [5, 5.41) is 0. The van der Waals surface area contributed by atoms with Crippen molar-refractivity contribution in [3.8, 4) is 0 Å². The van der Waals surface area contributed by atoms with Crippen molar-refractivity contribution in [1.29, 1.82) is 0 Å². The highest BCUT2D eigenvalue weighted by molar-refractivity contribution is 6.36. The minimum Gasteiger partial charge on any atom is -0.383 e. The van der Waals surface area contributed by atoms with Crippen LogP contribution in [-0.2, 0) is 48.0 Å². The molecule has 0 heterocycles. The van der Waals surface area contributed by atoms with E-state index in [1.807, 2.05) is 54.6 Å². The Morgan fingerprint density at radius 2 is 0.717 bits per heavy atom. The lowest BCUT2D eigenvalue weighted by Gasteiger charge is -2.28. The van der Waals surface area contributed by atoms with Crippen molar-refractivity contribution >= 4 is 7.32 Å². The maximum atomic E-state index is 6.54. The van der Waals surface area contributed by atoms with Crippen LogP contribution in [0, 0.1) is 0 Å². The van der Waals surface area contributed by atoms with E-state index in [0.29, 0.717) is 39.6 Å². The molecule has 0 saturated carbocycles. The Kier molecular flexibility index (Phi) is 20.3. The van der Waals surface area contributed by atoms with E-state index in [9.17, 15) is 0 Å². The third kappa shape index (κ3) is 16.9. The topological polar surface area (TPSA) is 55.4 Å². The van der Waals surface area contributed by atoms with E-state index < -0.39 is 7.32 Å². The quantitative estimate of drug-likeness (QED) is 0.0617. The molecule has 0 aliphatic carbocycles. The summed E-state index contributed by atoms with van der Waals surface area (Å²) in [6, 6.07) is 30.9. The van der Waals surface area contributed by atoms with Gasteiger partial charge in [-0.2, -0.15) is 0 Å². The van der Waals surface area contributed by atoms with E-state index in [-0.39, 0.29) is 18.3 Å². The van der Waals surface area contributed by atoms with E-state index in [1.165, 1.54) is 16.7 Å². The van der Waals surface area contributed by atoms with Crippen LogP contribution in [0.3, 0.4) is 0 Å². The van der Waals surface area contributed by atoms with Gasteiger partial charge in [-0.25, -0.2) is 0 Å². The van der Waals surface area contributed by atoms with Crippen LogP contribution in [-0.4, -0.2) is 45.5 Å². The number of rotatable bonds is 27. The Labute approximate surface area is 279 Å². The molecule has 252 valence electrons. The third-order valence-electron chi connectivity index (χ3n) is 8.06. The van der Waals surface area contributed by atoms with Crippen LogP contribution in [0.5, 0.6) is 0 Å². The van der Waals surface area contributed by atoms with Gasteiger partial charge in [-0.15, -0.1) is 0 Å². The summed E-state index contributed by atoms with van der Waals surface area (Å²) in [5.41, 5.74) is 3.58. The summed E-state index contributed by atoms with van der Waals surface area (Å²) in [6.07, 6.45) is 8.19. The molecule has 0 aliphatic rings. The molecule has 6 nitrogen and oxygen atoms in total. The van der Waals surface area contributed by atoms with E-state index in [0.717, 1.165) is 57.8 Å². The van der Waals surface area contributed by atoms with Gasteiger partial charge in [0.2, 0.25) is 0 Å². The average Bonchev–Trinajstić information content (AvgIpc) is 3.10. The fourth-order valence-electron chi connectivity index (χ4n) is 5.20. The molecule has 0 aromatic heterocycles. The van der Waals surface area contributed by atoms with Gasteiger partial charge in [0, 0.05) is 38.1 Å². The lowest BCUT2D eigenvalue weighted by molar-refractivity contribution is -0.00761. The predicted octanol–water partition coefficient (Wildman–Crippen LogP) is 9.35. The Hall–Kier alpha value is -2.52. The van der Waals surface area contributed by atoms with Crippen LogP contribution >= 0.6 is 0 Å². The zero-order valence-electron chi connectivity index (χ0n) is 28.5. The first-order valence-electron chi connectivity index (χ1n) is 17.5. The van der Waals surface area contributed by atoms with Gasteiger partial charge in [-0.3, -0.25) is 0 Å². The van der Waals surface area contributed by atoms with Crippen LogP contribution in [0.2, 0.25) is 0 Å². The normalized spacial score (nSPS) is 13.4. The fraction of sp³-hybridized carbons (Fsp3) is 0.538. The van der Waals surface area contributed by atoms with Crippen molar-refractivity contribution in [2.45, 2.75) is 117 Å². The number of ether oxygens (including phenoxy) is 3. The summed E-state index contributed by atoms with van der Waals surface area (Å²) in [4.78, 5) is 0. The highest BCUT2D eigenvalue weighted by Crippen LogP contribution is 2.19. The Bertz CT molecular complexity index is 962. The second kappa shape index (κ2) is 24.6. The maximum Gasteiger partial charge on any atom is 0.640 e. The van der Waals surface area contributed by atoms with Gasteiger partial charge < -0.3 is 28.2 Å². The highest BCUT2D eigenvalue weighted by Gasteiger charge is 2.31. The molecule has 0 spiro atoms. The summed E-state index contributed by atoms with van der Waals surface area (Å²) in [5.74, 6) is 0.